The smallest absolute Gasteiger partial charge is 0.145 e. The minimum absolute atomic E-state index is 0.0283. The van der Waals surface area contributed by atoms with Crippen LogP contribution in [0.3, 0.4) is 0 Å². The lowest BCUT2D eigenvalue weighted by atomic mass is 9.76. The van der Waals surface area contributed by atoms with Crippen LogP contribution in [0.15, 0.2) is 212 Å². The number of rotatable bonds is 5. The van der Waals surface area contributed by atoms with E-state index in [4.69, 9.17) is 4.98 Å². The van der Waals surface area contributed by atoms with Crippen molar-refractivity contribution in [3.63, 3.8) is 0 Å². The molecule has 2 heteroatoms. The summed E-state index contributed by atoms with van der Waals surface area (Å²) >= 11 is 0. The van der Waals surface area contributed by atoms with E-state index in [0.29, 0.717) is 0 Å². The third-order valence-corrected chi connectivity index (χ3v) is 11.5. The zero-order valence-corrected chi connectivity index (χ0v) is 31.2. The highest BCUT2D eigenvalue weighted by molar-refractivity contribution is 5.94. The zero-order valence-electron chi connectivity index (χ0n) is 31.2. The molecule has 2 nitrogen and oxygen atoms in total. The summed E-state index contributed by atoms with van der Waals surface area (Å²) in [6, 6.07) is 65.7. The number of hydrogen-bond donors (Lipinski definition) is 0. The first kappa shape index (κ1) is 32.9. The number of hydrogen-bond acceptors (Lipinski definition) is 1. The first-order valence-corrected chi connectivity index (χ1v) is 19.6. The molecule has 0 spiro atoms. The van der Waals surface area contributed by atoms with Crippen molar-refractivity contribution in [3.05, 3.63) is 234 Å². The monoisotopic (exact) mass is 724 g/mol. The standard InChI is InChI=1S/C55H36N2/c1-2-17-47(18-3-1)57-53-21-11-10-20-52(53)56-55(57)41-26-22-39(23-27-41)44-31-33-50-48(45-28-24-37-12-4-6-15-42(37)34-45)32-30-40-14-8-9-19-49(40)54(51(50)36-44)46-29-25-38-13-5-7-16-43(38)35-46/h1-29,31,33-36,40,48H/b54-49-. The molecule has 266 valence electrons. The van der Waals surface area contributed by atoms with Crippen molar-refractivity contribution in [1.82, 2.24) is 9.55 Å². The van der Waals surface area contributed by atoms with Gasteiger partial charge in [0.15, 0.2) is 0 Å². The summed E-state index contributed by atoms with van der Waals surface area (Å²) in [6.07, 6.45) is 8.81. The number of allylic oxidation sites excluding steroid dienone is 5. The summed E-state index contributed by atoms with van der Waals surface area (Å²) < 4.78 is 2.26. The number of benzene rings is 8. The molecule has 0 saturated heterocycles. The molecule has 2 atom stereocenters. The van der Waals surface area contributed by atoms with E-state index < -0.39 is 0 Å². The van der Waals surface area contributed by atoms with E-state index in [-0.39, 0.29) is 11.8 Å². The molecule has 0 fully saturated rings. The van der Waals surface area contributed by atoms with Crippen molar-refractivity contribution >= 4 is 38.2 Å². The van der Waals surface area contributed by atoms with E-state index in [9.17, 15) is 0 Å². The fourth-order valence-electron chi connectivity index (χ4n) is 8.70. The van der Waals surface area contributed by atoms with Crippen LogP contribution in [0.5, 0.6) is 0 Å². The second-order valence-corrected chi connectivity index (χ2v) is 14.9. The molecular weight excluding hydrogens is 689 g/mol. The molecule has 57 heavy (non-hydrogen) atoms. The van der Waals surface area contributed by atoms with Gasteiger partial charge in [-0.25, -0.2) is 4.98 Å². The van der Waals surface area contributed by atoms with Crippen molar-refractivity contribution in [2.75, 3.05) is 0 Å². The van der Waals surface area contributed by atoms with Gasteiger partial charge in [0, 0.05) is 11.3 Å². The molecular formula is C55H36N2. The van der Waals surface area contributed by atoms with Crippen molar-refractivity contribution in [3.8, 4) is 40.0 Å². The molecule has 8 aromatic carbocycles. The van der Waals surface area contributed by atoms with E-state index in [1.165, 1.54) is 54.9 Å². The Bertz CT molecular complexity index is 3180. The summed E-state index contributed by atoms with van der Waals surface area (Å²) in [7, 11) is 0. The van der Waals surface area contributed by atoms with Crippen molar-refractivity contribution in [2.45, 2.75) is 5.92 Å². The van der Waals surface area contributed by atoms with Gasteiger partial charge < -0.3 is 0 Å². The number of nitrogens with zero attached hydrogens (tertiary/aromatic N) is 2. The molecule has 0 radical (unpaired) electrons. The van der Waals surface area contributed by atoms with Crippen LogP contribution in [-0.4, -0.2) is 9.55 Å². The molecule has 0 amide bonds. The maximum atomic E-state index is 5.13. The largest absolute Gasteiger partial charge is 0.292 e. The lowest BCUT2D eigenvalue weighted by molar-refractivity contribution is 0.995. The summed E-state index contributed by atoms with van der Waals surface area (Å²) in [5.74, 6) is 8.32. The predicted molar refractivity (Wildman–Crippen MR) is 237 cm³/mol. The molecule has 2 unspecified atom stereocenters. The van der Waals surface area contributed by atoms with E-state index >= 15 is 0 Å². The third-order valence-electron chi connectivity index (χ3n) is 11.5. The van der Waals surface area contributed by atoms with Gasteiger partial charge in [0.05, 0.1) is 22.9 Å². The van der Waals surface area contributed by atoms with E-state index in [1.807, 2.05) is 0 Å². The summed E-state index contributed by atoms with van der Waals surface area (Å²) in [6.45, 7) is 0. The molecule has 0 aliphatic heterocycles. The molecule has 2 aliphatic rings. The lowest BCUT2D eigenvalue weighted by Crippen LogP contribution is -2.12. The average molecular weight is 725 g/mol. The van der Waals surface area contributed by atoms with Crippen LogP contribution in [0.2, 0.25) is 0 Å². The Morgan fingerprint density at radius 3 is 1.98 bits per heavy atom. The highest BCUT2D eigenvalue weighted by Crippen LogP contribution is 2.43. The Balaban J connectivity index is 1.10. The fourth-order valence-corrected chi connectivity index (χ4v) is 8.70. The number of aromatic nitrogens is 2. The Morgan fingerprint density at radius 2 is 1.16 bits per heavy atom. The molecule has 1 aromatic heterocycles. The third kappa shape index (κ3) is 5.81. The van der Waals surface area contributed by atoms with Crippen LogP contribution in [0.4, 0.5) is 0 Å². The van der Waals surface area contributed by atoms with Crippen LogP contribution < -0.4 is 0 Å². The topological polar surface area (TPSA) is 17.8 Å². The average Bonchev–Trinajstić information content (AvgIpc) is 3.67. The maximum absolute atomic E-state index is 5.13. The predicted octanol–water partition coefficient (Wildman–Crippen LogP) is 13.4. The van der Waals surface area contributed by atoms with Crippen molar-refractivity contribution in [2.24, 2.45) is 5.92 Å². The van der Waals surface area contributed by atoms with Gasteiger partial charge in [-0.15, -0.1) is 0 Å². The van der Waals surface area contributed by atoms with E-state index in [0.717, 1.165) is 39.2 Å². The number of para-hydroxylation sites is 3. The molecule has 0 saturated carbocycles. The summed E-state index contributed by atoms with van der Waals surface area (Å²) in [5.41, 5.74) is 13.8. The quantitative estimate of drug-likeness (QED) is 0.162. The Hall–Kier alpha value is -7.47. The highest BCUT2D eigenvalue weighted by Gasteiger charge is 2.27. The Morgan fingerprint density at radius 1 is 0.491 bits per heavy atom. The van der Waals surface area contributed by atoms with Gasteiger partial charge in [-0.1, -0.05) is 176 Å². The molecule has 0 N–H and O–H groups in total. The van der Waals surface area contributed by atoms with Gasteiger partial charge in [0.2, 0.25) is 0 Å². The van der Waals surface area contributed by atoms with Gasteiger partial charge in [-0.05, 0) is 109 Å². The van der Waals surface area contributed by atoms with Crippen LogP contribution in [0.1, 0.15) is 28.2 Å². The van der Waals surface area contributed by atoms with Crippen LogP contribution in [0.25, 0.3) is 66.4 Å². The highest BCUT2D eigenvalue weighted by atomic mass is 15.1. The molecule has 9 aromatic rings. The maximum Gasteiger partial charge on any atom is 0.145 e. The van der Waals surface area contributed by atoms with Gasteiger partial charge >= 0.3 is 0 Å². The van der Waals surface area contributed by atoms with Crippen molar-refractivity contribution in [1.29, 1.82) is 0 Å². The zero-order chi connectivity index (χ0) is 37.7. The van der Waals surface area contributed by atoms with Crippen LogP contribution >= 0.6 is 0 Å². The second kappa shape index (κ2) is 13.7. The Kier molecular flexibility index (Phi) is 7.90. The van der Waals surface area contributed by atoms with Gasteiger partial charge in [0.25, 0.3) is 0 Å². The lowest BCUT2D eigenvalue weighted by Gasteiger charge is -2.26. The molecule has 0 bridgehead atoms. The Labute approximate surface area is 332 Å². The fraction of sp³-hybridized carbons (Fsp3) is 0.0364. The number of fused-ring (bicyclic) bond motifs is 5. The number of imidazole rings is 1. The minimum atomic E-state index is -0.108. The molecule has 1 heterocycles. The molecule has 11 rings (SSSR count). The van der Waals surface area contributed by atoms with Crippen LogP contribution in [0, 0.1) is 17.8 Å². The first-order chi connectivity index (χ1) is 28.2. The van der Waals surface area contributed by atoms with Gasteiger partial charge in [0.1, 0.15) is 5.82 Å². The normalized spacial score (nSPS) is 17.1. The summed E-state index contributed by atoms with van der Waals surface area (Å²) in [5, 5.41) is 4.92. The minimum Gasteiger partial charge on any atom is -0.292 e. The van der Waals surface area contributed by atoms with Gasteiger partial charge in [-0.3, -0.25) is 4.57 Å². The van der Waals surface area contributed by atoms with E-state index in [2.05, 4.69) is 223 Å². The molecule has 2 aliphatic carbocycles. The van der Waals surface area contributed by atoms with E-state index in [1.54, 1.807) is 0 Å². The van der Waals surface area contributed by atoms with Crippen molar-refractivity contribution < 1.29 is 0 Å². The van der Waals surface area contributed by atoms with Crippen LogP contribution in [-0.2, 0) is 0 Å². The van der Waals surface area contributed by atoms with Gasteiger partial charge in [-0.2, -0.15) is 0 Å². The first-order valence-electron chi connectivity index (χ1n) is 19.6. The summed E-state index contributed by atoms with van der Waals surface area (Å²) in [4.78, 5) is 5.13. The SMILES string of the molecule is C1#CC(c2ccc3ccccc3c2)c2ccc(-c3ccc(-c4nc5ccccc5n4-c4ccccc4)cc3)cc2/C(c2ccc3ccccc3c2)=C2/C=CC=CC12. The second-order valence-electron chi connectivity index (χ2n) is 14.9.